The molecular weight excluding hydrogens is 251 g/mol. The van der Waals surface area contributed by atoms with Gasteiger partial charge in [0.15, 0.2) is 0 Å². The zero-order valence-corrected chi connectivity index (χ0v) is 11.0. The Balaban J connectivity index is 2.44. The Labute approximate surface area is 109 Å². The first-order valence-electron chi connectivity index (χ1n) is 5.79. The average molecular weight is 266 g/mol. The fraction of sp³-hybridized carbons (Fsp3) is 0.385. The highest BCUT2D eigenvalue weighted by Gasteiger charge is 2.20. The van der Waals surface area contributed by atoms with E-state index < -0.39 is 17.4 Å². The molecule has 0 fully saturated rings. The molecule has 0 spiro atoms. The molecule has 0 bridgehead atoms. The van der Waals surface area contributed by atoms with Crippen molar-refractivity contribution < 1.29 is 19.0 Å². The van der Waals surface area contributed by atoms with Gasteiger partial charge in [0.05, 0.1) is 22.2 Å². The number of imidazole rings is 1. The standard InChI is InChI=1S/C13H15FN2O3/c1-13(2,19-3)6-11-15-9-4-7(12(17)18)8(14)5-10(9)16-11/h4-5H,6H2,1-3H3,(H,15,16)(H,17,18). The van der Waals surface area contributed by atoms with Gasteiger partial charge in [-0.3, -0.25) is 0 Å². The van der Waals surface area contributed by atoms with Crippen LogP contribution in [0.5, 0.6) is 0 Å². The molecule has 0 aliphatic carbocycles. The molecule has 0 amide bonds. The molecule has 0 unspecified atom stereocenters. The summed E-state index contributed by atoms with van der Waals surface area (Å²) in [6, 6.07) is 2.38. The lowest BCUT2D eigenvalue weighted by Gasteiger charge is -2.21. The molecule has 0 saturated carbocycles. The Kier molecular flexibility index (Phi) is 3.28. The Hall–Kier alpha value is -1.95. The lowest BCUT2D eigenvalue weighted by Crippen LogP contribution is -2.26. The summed E-state index contributed by atoms with van der Waals surface area (Å²) >= 11 is 0. The van der Waals surface area contributed by atoms with Gasteiger partial charge in [0.2, 0.25) is 0 Å². The maximum Gasteiger partial charge on any atom is 0.338 e. The van der Waals surface area contributed by atoms with Crippen molar-refractivity contribution in [3.05, 3.63) is 29.3 Å². The molecule has 1 aromatic heterocycles. The molecule has 0 atom stereocenters. The molecule has 102 valence electrons. The third-order valence-electron chi connectivity index (χ3n) is 3.00. The van der Waals surface area contributed by atoms with Crippen molar-refractivity contribution in [3.63, 3.8) is 0 Å². The third-order valence-corrected chi connectivity index (χ3v) is 3.00. The van der Waals surface area contributed by atoms with Gasteiger partial charge in [-0.15, -0.1) is 0 Å². The minimum atomic E-state index is -1.30. The number of nitrogens with one attached hydrogen (secondary N) is 1. The normalized spacial score (nSPS) is 12.0. The number of benzene rings is 1. The van der Waals surface area contributed by atoms with Crippen LogP contribution in [0.4, 0.5) is 4.39 Å². The number of H-pyrrole nitrogens is 1. The van der Waals surface area contributed by atoms with Crippen LogP contribution in [0.2, 0.25) is 0 Å². The Morgan fingerprint density at radius 3 is 2.79 bits per heavy atom. The van der Waals surface area contributed by atoms with E-state index in [1.165, 1.54) is 6.07 Å². The Morgan fingerprint density at radius 1 is 1.53 bits per heavy atom. The van der Waals surface area contributed by atoms with Crippen LogP contribution in [0, 0.1) is 5.82 Å². The molecule has 0 saturated heterocycles. The molecule has 1 aromatic carbocycles. The minimum Gasteiger partial charge on any atom is -0.478 e. The number of carbonyl (C=O) groups is 1. The second-order valence-electron chi connectivity index (χ2n) is 4.98. The highest BCUT2D eigenvalue weighted by molar-refractivity contribution is 5.92. The molecule has 0 aliphatic heterocycles. The number of halogens is 1. The summed E-state index contributed by atoms with van der Waals surface area (Å²) in [5, 5.41) is 8.86. The van der Waals surface area contributed by atoms with Gasteiger partial charge < -0.3 is 14.8 Å². The molecule has 2 N–H and O–H groups in total. The van der Waals surface area contributed by atoms with E-state index in [2.05, 4.69) is 9.97 Å². The number of rotatable bonds is 4. The fourth-order valence-corrected chi connectivity index (χ4v) is 1.81. The Bertz CT molecular complexity index is 634. The van der Waals surface area contributed by atoms with Gasteiger partial charge in [0, 0.05) is 19.6 Å². The van der Waals surface area contributed by atoms with Gasteiger partial charge in [-0.2, -0.15) is 0 Å². The van der Waals surface area contributed by atoms with Gasteiger partial charge >= 0.3 is 5.97 Å². The van der Waals surface area contributed by atoms with E-state index in [4.69, 9.17) is 9.84 Å². The molecule has 19 heavy (non-hydrogen) atoms. The predicted octanol–water partition coefficient (Wildman–Crippen LogP) is 2.37. The third kappa shape index (κ3) is 2.73. The van der Waals surface area contributed by atoms with Crippen LogP contribution in [0.25, 0.3) is 11.0 Å². The largest absolute Gasteiger partial charge is 0.478 e. The second kappa shape index (κ2) is 4.62. The van der Waals surface area contributed by atoms with Crippen molar-refractivity contribution in [2.24, 2.45) is 0 Å². The van der Waals surface area contributed by atoms with Crippen LogP contribution >= 0.6 is 0 Å². The fourth-order valence-electron chi connectivity index (χ4n) is 1.81. The molecular formula is C13H15FN2O3. The van der Waals surface area contributed by atoms with Gasteiger partial charge in [-0.05, 0) is 19.9 Å². The smallest absolute Gasteiger partial charge is 0.338 e. The summed E-state index contributed by atoms with van der Waals surface area (Å²) in [6.07, 6.45) is 0.516. The highest BCUT2D eigenvalue weighted by atomic mass is 19.1. The first kappa shape index (κ1) is 13.5. The number of nitrogens with zero attached hydrogens (tertiary/aromatic N) is 1. The number of aromatic amines is 1. The first-order valence-corrected chi connectivity index (χ1v) is 5.79. The molecule has 1 heterocycles. The number of fused-ring (bicyclic) bond motifs is 1. The molecule has 5 nitrogen and oxygen atoms in total. The highest BCUT2D eigenvalue weighted by Crippen LogP contribution is 2.20. The van der Waals surface area contributed by atoms with Gasteiger partial charge in [0.25, 0.3) is 0 Å². The first-order chi connectivity index (χ1) is 8.82. The van der Waals surface area contributed by atoms with Gasteiger partial charge in [0.1, 0.15) is 11.6 Å². The van der Waals surface area contributed by atoms with Crippen molar-refractivity contribution in [1.82, 2.24) is 9.97 Å². The summed E-state index contributed by atoms with van der Waals surface area (Å²) in [7, 11) is 1.60. The molecule has 6 heteroatoms. The lowest BCUT2D eigenvalue weighted by atomic mass is 10.1. The number of carboxylic acids is 1. The number of carboxylic acid groups (broad SMARTS) is 1. The maximum atomic E-state index is 13.5. The lowest BCUT2D eigenvalue weighted by molar-refractivity contribution is 0.0218. The van der Waals surface area contributed by atoms with Crippen LogP contribution in [0.1, 0.15) is 30.0 Å². The van der Waals surface area contributed by atoms with Crippen LogP contribution in [0.15, 0.2) is 12.1 Å². The topological polar surface area (TPSA) is 75.2 Å². The van der Waals surface area contributed by atoms with Crippen molar-refractivity contribution >= 4 is 17.0 Å². The van der Waals surface area contributed by atoms with Crippen LogP contribution in [0.3, 0.4) is 0 Å². The summed E-state index contributed by atoms with van der Waals surface area (Å²) in [6.45, 7) is 3.81. The van der Waals surface area contributed by atoms with Crippen molar-refractivity contribution in [2.45, 2.75) is 25.9 Å². The molecule has 0 aliphatic rings. The van der Waals surface area contributed by atoms with Crippen LogP contribution in [-0.4, -0.2) is 33.8 Å². The van der Waals surface area contributed by atoms with E-state index in [-0.39, 0.29) is 5.56 Å². The SMILES string of the molecule is COC(C)(C)Cc1nc2cc(C(=O)O)c(F)cc2[nH]1. The van der Waals surface area contributed by atoms with Crippen LogP contribution < -0.4 is 0 Å². The zero-order chi connectivity index (χ0) is 14.2. The molecule has 0 radical (unpaired) electrons. The van der Waals surface area contributed by atoms with E-state index in [0.29, 0.717) is 23.3 Å². The van der Waals surface area contributed by atoms with Gasteiger partial charge in [-0.25, -0.2) is 14.2 Å². The van der Waals surface area contributed by atoms with E-state index in [1.807, 2.05) is 13.8 Å². The summed E-state index contributed by atoms with van der Waals surface area (Å²) in [5.74, 6) is -1.45. The molecule has 2 aromatic rings. The summed E-state index contributed by atoms with van der Waals surface area (Å²) in [5.41, 5.74) is 0.129. The zero-order valence-electron chi connectivity index (χ0n) is 11.0. The minimum absolute atomic E-state index is 0.378. The van der Waals surface area contributed by atoms with Crippen molar-refractivity contribution in [2.75, 3.05) is 7.11 Å². The van der Waals surface area contributed by atoms with Crippen molar-refractivity contribution in [1.29, 1.82) is 0 Å². The second-order valence-corrected chi connectivity index (χ2v) is 4.98. The Morgan fingerprint density at radius 2 is 2.21 bits per heavy atom. The van der Waals surface area contributed by atoms with Crippen LogP contribution in [-0.2, 0) is 11.2 Å². The number of methoxy groups -OCH3 is 1. The predicted molar refractivity (Wildman–Crippen MR) is 67.8 cm³/mol. The van der Waals surface area contributed by atoms with E-state index in [9.17, 15) is 9.18 Å². The van der Waals surface area contributed by atoms with E-state index in [1.54, 1.807) is 7.11 Å². The average Bonchev–Trinajstić information content (AvgIpc) is 2.68. The van der Waals surface area contributed by atoms with E-state index >= 15 is 0 Å². The summed E-state index contributed by atoms with van der Waals surface area (Å²) < 4.78 is 18.8. The number of hydrogen-bond donors (Lipinski definition) is 2. The molecule has 2 rings (SSSR count). The number of ether oxygens (including phenoxy) is 1. The monoisotopic (exact) mass is 266 g/mol. The maximum absolute atomic E-state index is 13.5. The van der Waals surface area contributed by atoms with E-state index in [0.717, 1.165) is 6.07 Å². The van der Waals surface area contributed by atoms with Gasteiger partial charge in [-0.1, -0.05) is 0 Å². The number of aromatic nitrogens is 2. The quantitative estimate of drug-likeness (QED) is 0.890. The summed E-state index contributed by atoms with van der Waals surface area (Å²) in [4.78, 5) is 18.1. The number of hydrogen-bond acceptors (Lipinski definition) is 3. The number of aromatic carboxylic acids is 1. The van der Waals surface area contributed by atoms with Crippen molar-refractivity contribution in [3.8, 4) is 0 Å².